The molecule has 0 aromatic heterocycles. The number of halogens is 3. The van der Waals surface area contributed by atoms with Crippen LogP contribution in [0.3, 0.4) is 0 Å². The van der Waals surface area contributed by atoms with Crippen molar-refractivity contribution in [1.29, 1.82) is 0 Å². The van der Waals surface area contributed by atoms with Crippen molar-refractivity contribution in [3.63, 3.8) is 0 Å². The van der Waals surface area contributed by atoms with Crippen molar-refractivity contribution >= 4 is 17.2 Å². The summed E-state index contributed by atoms with van der Waals surface area (Å²) in [4.78, 5) is 0.832. The number of nitrogens with two attached hydrogens (primary N) is 1. The molecule has 0 bridgehead atoms. The zero-order valence-electron chi connectivity index (χ0n) is 9.54. The average Bonchev–Trinajstić information content (AvgIpc) is 2.19. The SMILES string of the molecule is COCCN(CCO)CC(C(N)=S)C(F)(F)F. The van der Waals surface area contributed by atoms with Gasteiger partial charge in [0, 0.05) is 26.7 Å². The van der Waals surface area contributed by atoms with Crippen molar-refractivity contribution in [3.8, 4) is 0 Å². The van der Waals surface area contributed by atoms with Crippen LogP contribution in [-0.2, 0) is 4.74 Å². The summed E-state index contributed by atoms with van der Waals surface area (Å²) in [6.45, 7) is 0.0983. The number of aliphatic hydroxyl groups excluding tert-OH is 1. The summed E-state index contributed by atoms with van der Waals surface area (Å²) in [5, 5.41) is 8.76. The number of thiocarbonyl (C=S) groups is 1. The number of alkyl halides is 3. The highest BCUT2D eigenvalue weighted by atomic mass is 32.1. The highest BCUT2D eigenvalue weighted by Crippen LogP contribution is 2.27. The molecular weight excluding hydrogens is 257 g/mol. The Hall–Kier alpha value is -0.440. The first-order valence-electron chi connectivity index (χ1n) is 5.01. The van der Waals surface area contributed by atoms with Gasteiger partial charge in [-0.3, -0.25) is 4.90 Å². The van der Waals surface area contributed by atoms with Gasteiger partial charge < -0.3 is 15.6 Å². The molecule has 0 aliphatic carbocycles. The Morgan fingerprint density at radius 1 is 1.47 bits per heavy atom. The van der Waals surface area contributed by atoms with E-state index in [4.69, 9.17) is 15.6 Å². The molecule has 0 aromatic rings. The molecule has 3 N–H and O–H groups in total. The van der Waals surface area contributed by atoms with Gasteiger partial charge in [-0.1, -0.05) is 12.2 Å². The first-order valence-corrected chi connectivity index (χ1v) is 5.42. The van der Waals surface area contributed by atoms with Gasteiger partial charge in [0.15, 0.2) is 0 Å². The molecule has 0 heterocycles. The predicted molar refractivity (Wildman–Crippen MR) is 61.7 cm³/mol. The van der Waals surface area contributed by atoms with Gasteiger partial charge in [0.25, 0.3) is 0 Å². The lowest BCUT2D eigenvalue weighted by Crippen LogP contribution is -2.45. The Morgan fingerprint density at radius 2 is 2.06 bits per heavy atom. The molecule has 1 unspecified atom stereocenters. The molecule has 1 atom stereocenters. The largest absolute Gasteiger partial charge is 0.399 e. The molecule has 8 heteroatoms. The topological polar surface area (TPSA) is 58.7 Å². The maximum Gasteiger partial charge on any atom is 0.399 e. The molecule has 0 aliphatic heterocycles. The molecule has 0 saturated heterocycles. The number of hydrogen-bond donors (Lipinski definition) is 2. The van der Waals surface area contributed by atoms with Crippen LogP contribution in [0.4, 0.5) is 13.2 Å². The summed E-state index contributed by atoms with van der Waals surface area (Å²) in [5.74, 6) is -1.86. The third-order valence-electron chi connectivity index (χ3n) is 2.21. The average molecular weight is 274 g/mol. The van der Waals surface area contributed by atoms with Crippen LogP contribution in [0.5, 0.6) is 0 Å². The molecular formula is C9H17F3N2O2S. The van der Waals surface area contributed by atoms with Crippen molar-refractivity contribution in [1.82, 2.24) is 4.90 Å². The van der Waals surface area contributed by atoms with E-state index in [1.807, 2.05) is 0 Å². The zero-order valence-corrected chi connectivity index (χ0v) is 10.4. The van der Waals surface area contributed by atoms with E-state index in [1.165, 1.54) is 12.0 Å². The molecule has 0 aromatic carbocycles. The molecule has 0 saturated carbocycles. The van der Waals surface area contributed by atoms with Gasteiger partial charge in [0.1, 0.15) is 5.92 Å². The van der Waals surface area contributed by atoms with E-state index >= 15 is 0 Å². The second-order valence-electron chi connectivity index (χ2n) is 3.51. The summed E-state index contributed by atoms with van der Waals surface area (Å²) in [7, 11) is 1.45. The van der Waals surface area contributed by atoms with Crippen LogP contribution in [-0.4, -0.2) is 61.1 Å². The van der Waals surface area contributed by atoms with E-state index in [9.17, 15) is 13.2 Å². The minimum atomic E-state index is -4.47. The predicted octanol–water partition coefficient (Wildman–Crippen LogP) is 0.392. The fourth-order valence-electron chi connectivity index (χ4n) is 1.27. The molecule has 0 amide bonds. The lowest BCUT2D eigenvalue weighted by Gasteiger charge is -2.27. The highest BCUT2D eigenvalue weighted by molar-refractivity contribution is 7.80. The maximum absolute atomic E-state index is 12.6. The van der Waals surface area contributed by atoms with Gasteiger partial charge in [-0.25, -0.2) is 0 Å². The van der Waals surface area contributed by atoms with Crippen molar-refractivity contribution in [3.05, 3.63) is 0 Å². The number of ether oxygens (including phenoxy) is 1. The molecule has 4 nitrogen and oxygen atoms in total. The van der Waals surface area contributed by atoms with Gasteiger partial charge in [0.2, 0.25) is 0 Å². The quantitative estimate of drug-likeness (QED) is 0.627. The van der Waals surface area contributed by atoms with Crippen LogP contribution in [0.15, 0.2) is 0 Å². The van der Waals surface area contributed by atoms with Crippen molar-refractivity contribution in [2.75, 3.05) is 40.0 Å². The van der Waals surface area contributed by atoms with E-state index in [2.05, 4.69) is 12.2 Å². The molecule has 0 aliphatic rings. The summed E-state index contributed by atoms with van der Waals surface area (Å²) in [6.07, 6.45) is -4.47. The van der Waals surface area contributed by atoms with Crippen LogP contribution >= 0.6 is 12.2 Å². The van der Waals surface area contributed by atoms with Crippen LogP contribution in [0.2, 0.25) is 0 Å². The Kier molecular flexibility index (Phi) is 7.60. The molecule has 0 fully saturated rings. The van der Waals surface area contributed by atoms with E-state index in [1.54, 1.807) is 0 Å². The van der Waals surface area contributed by atoms with Gasteiger partial charge in [-0.2, -0.15) is 13.2 Å². The van der Waals surface area contributed by atoms with Gasteiger partial charge in [-0.15, -0.1) is 0 Å². The smallest absolute Gasteiger partial charge is 0.395 e. The lowest BCUT2D eigenvalue weighted by atomic mass is 10.1. The van der Waals surface area contributed by atoms with E-state index < -0.39 is 17.1 Å². The second-order valence-corrected chi connectivity index (χ2v) is 3.98. The van der Waals surface area contributed by atoms with Gasteiger partial charge >= 0.3 is 6.18 Å². The fourth-order valence-corrected chi connectivity index (χ4v) is 1.48. The minimum Gasteiger partial charge on any atom is -0.395 e. The first-order chi connectivity index (χ1) is 7.82. The molecule has 0 spiro atoms. The van der Waals surface area contributed by atoms with E-state index in [0.717, 1.165) is 0 Å². The number of methoxy groups -OCH3 is 1. The minimum absolute atomic E-state index is 0.124. The first kappa shape index (κ1) is 16.6. The number of hydrogen-bond acceptors (Lipinski definition) is 4. The number of rotatable bonds is 8. The van der Waals surface area contributed by atoms with E-state index in [0.29, 0.717) is 0 Å². The van der Waals surface area contributed by atoms with Crippen LogP contribution < -0.4 is 5.73 Å². The lowest BCUT2D eigenvalue weighted by molar-refractivity contribution is -0.159. The van der Waals surface area contributed by atoms with Crippen molar-refractivity contribution in [2.24, 2.45) is 11.7 Å². The van der Waals surface area contributed by atoms with Crippen LogP contribution in [0, 0.1) is 5.92 Å². The summed E-state index contributed by atoms with van der Waals surface area (Å²) in [5.41, 5.74) is 5.09. The Balaban J connectivity index is 4.51. The van der Waals surface area contributed by atoms with Crippen molar-refractivity contribution in [2.45, 2.75) is 6.18 Å². The summed E-state index contributed by atoms with van der Waals surface area (Å²) in [6, 6.07) is 0. The third kappa shape index (κ3) is 6.77. The Morgan fingerprint density at radius 3 is 2.41 bits per heavy atom. The van der Waals surface area contributed by atoms with Gasteiger partial charge in [-0.05, 0) is 0 Å². The van der Waals surface area contributed by atoms with Crippen molar-refractivity contribution < 1.29 is 23.0 Å². The molecule has 0 rings (SSSR count). The molecule has 17 heavy (non-hydrogen) atoms. The van der Waals surface area contributed by atoms with Crippen LogP contribution in [0.25, 0.3) is 0 Å². The maximum atomic E-state index is 12.6. The summed E-state index contributed by atoms with van der Waals surface area (Å²) < 4.78 is 42.6. The highest BCUT2D eigenvalue weighted by Gasteiger charge is 2.42. The summed E-state index contributed by atoms with van der Waals surface area (Å²) >= 11 is 4.42. The Bertz CT molecular complexity index is 239. The Labute approximate surface area is 104 Å². The zero-order chi connectivity index (χ0) is 13.5. The monoisotopic (exact) mass is 274 g/mol. The number of aliphatic hydroxyl groups is 1. The van der Waals surface area contributed by atoms with Crippen LogP contribution in [0.1, 0.15) is 0 Å². The van der Waals surface area contributed by atoms with E-state index in [-0.39, 0.29) is 32.8 Å². The normalized spacial score (nSPS) is 14.0. The van der Waals surface area contributed by atoms with Gasteiger partial charge in [0.05, 0.1) is 18.2 Å². The standard InChI is InChI=1S/C9H17F3N2O2S/c1-16-5-3-14(2-4-15)6-7(8(13)17)9(10,11)12/h7,15H,2-6H2,1H3,(H2,13,17). The molecule has 102 valence electrons. The second kappa shape index (κ2) is 7.80. The third-order valence-corrected chi connectivity index (χ3v) is 2.49. The molecule has 0 radical (unpaired) electrons. The fraction of sp³-hybridized carbons (Fsp3) is 0.889. The number of nitrogens with zero attached hydrogens (tertiary/aromatic N) is 1.